The van der Waals surface area contributed by atoms with Crippen molar-refractivity contribution >= 4 is 34.8 Å². The molecule has 0 aliphatic rings. The van der Waals surface area contributed by atoms with Crippen molar-refractivity contribution < 1.29 is 4.74 Å². The van der Waals surface area contributed by atoms with Crippen LogP contribution in [0.15, 0.2) is 18.2 Å². The first kappa shape index (κ1) is 12.1. The van der Waals surface area contributed by atoms with E-state index in [1.54, 1.807) is 12.1 Å². The third-order valence-electron chi connectivity index (χ3n) is 1.82. The van der Waals surface area contributed by atoms with Crippen LogP contribution in [0.2, 0.25) is 10.0 Å². The van der Waals surface area contributed by atoms with Crippen molar-refractivity contribution in [3.8, 4) is 0 Å². The maximum Gasteiger partial charge on any atom is 0.0960 e. The van der Waals surface area contributed by atoms with Crippen molar-refractivity contribution in [1.29, 1.82) is 0 Å². The minimum Gasteiger partial charge on any atom is -0.373 e. The summed E-state index contributed by atoms with van der Waals surface area (Å²) in [7, 11) is 0. The van der Waals surface area contributed by atoms with E-state index in [0.29, 0.717) is 22.5 Å². The Kier molecular flexibility index (Phi) is 5.04. The van der Waals surface area contributed by atoms with Gasteiger partial charge in [0.2, 0.25) is 0 Å². The molecule has 1 aromatic rings. The smallest absolute Gasteiger partial charge is 0.0960 e. The number of benzene rings is 1. The van der Waals surface area contributed by atoms with Crippen molar-refractivity contribution in [3.63, 3.8) is 0 Å². The fourth-order valence-electron chi connectivity index (χ4n) is 1.14. The molecule has 1 unspecified atom stereocenters. The lowest BCUT2D eigenvalue weighted by atomic mass is 10.1. The van der Waals surface area contributed by atoms with Crippen LogP contribution >= 0.6 is 34.8 Å². The maximum atomic E-state index is 5.88. The van der Waals surface area contributed by atoms with Crippen LogP contribution in [0.5, 0.6) is 0 Å². The maximum absolute atomic E-state index is 5.88. The Hall–Kier alpha value is 0.0500. The van der Waals surface area contributed by atoms with Crippen LogP contribution in [0, 0.1) is 0 Å². The Morgan fingerprint density at radius 2 is 2.00 bits per heavy atom. The minimum absolute atomic E-state index is 0.114. The number of rotatable bonds is 4. The summed E-state index contributed by atoms with van der Waals surface area (Å²) in [6.07, 6.45) is -0.114. The van der Waals surface area contributed by atoms with Gasteiger partial charge in [-0.1, -0.05) is 29.3 Å². The van der Waals surface area contributed by atoms with Gasteiger partial charge in [0.25, 0.3) is 0 Å². The van der Waals surface area contributed by atoms with Gasteiger partial charge in [0.05, 0.1) is 22.0 Å². The van der Waals surface area contributed by atoms with E-state index in [1.165, 1.54) is 0 Å². The standard InChI is InChI=1S/C10H11Cl3O/c1-2-14-10(6-11)7-3-4-8(12)9(13)5-7/h3-5,10H,2,6H2,1H3. The second-order valence-corrected chi connectivity index (χ2v) is 3.89. The predicted octanol–water partition coefficient (Wildman–Crippen LogP) is 4.31. The van der Waals surface area contributed by atoms with Gasteiger partial charge in [-0.3, -0.25) is 0 Å². The lowest BCUT2D eigenvalue weighted by molar-refractivity contribution is 0.0788. The van der Waals surface area contributed by atoms with E-state index in [2.05, 4.69) is 0 Å². The van der Waals surface area contributed by atoms with E-state index in [4.69, 9.17) is 39.5 Å². The summed E-state index contributed by atoms with van der Waals surface area (Å²) in [4.78, 5) is 0. The summed E-state index contributed by atoms with van der Waals surface area (Å²) in [5.74, 6) is 0.409. The van der Waals surface area contributed by atoms with Crippen LogP contribution in [0.4, 0.5) is 0 Å². The fourth-order valence-corrected chi connectivity index (χ4v) is 1.72. The molecule has 1 atom stereocenters. The SMILES string of the molecule is CCOC(CCl)c1ccc(Cl)c(Cl)c1. The third-order valence-corrected chi connectivity index (χ3v) is 2.84. The summed E-state index contributed by atoms with van der Waals surface area (Å²) in [5, 5.41) is 1.07. The Bertz CT molecular complexity index is 301. The van der Waals surface area contributed by atoms with Gasteiger partial charge in [-0.05, 0) is 24.6 Å². The van der Waals surface area contributed by atoms with Gasteiger partial charge in [-0.15, -0.1) is 11.6 Å². The lowest BCUT2D eigenvalue weighted by Gasteiger charge is -2.14. The van der Waals surface area contributed by atoms with Crippen LogP contribution in [-0.2, 0) is 4.74 Å². The van der Waals surface area contributed by atoms with Gasteiger partial charge in [0.15, 0.2) is 0 Å². The number of alkyl halides is 1. The van der Waals surface area contributed by atoms with Crippen molar-refractivity contribution in [1.82, 2.24) is 0 Å². The summed E-state index contributed by atoms with van der Waals surface area (Å²) in [5.41, 5.74) is 0.955. The average Bonchev–Trinajstić information content (AvgIpc) is 2.19. The van der Waals surface area contributed by atoms with Crippen molar-refractivity contribution in [2.24, 2.45) is 0 Å². The Labute approximate surface area is 98.9 Å². The zero-order valence-corrected chi connectivity index (χ0v) is 10.0. The van der Waals surface area contributed by atoms with Gasteiger partial charge in [-0.25, -0.2) is 0 Å². The second kappa shape index (κ2) is 5.82. The second-order valence-electron chi connectivity index (χ2n) is 2.77. The average molecular weight is 254 g/mol. The van der Waals surface area contributed by atoms with Crippen molar-refractivity contribution in [2.75, 3.05) is 12.5 Å². The molecule has 1 nitrogen and oxygen atoms in total. The number of hydrogen-bond donors (Lipinski definition) is 0. The molecule has 0 saturated carbocycles. The van der Waals surface area contributed by atoms with Crippen molar-refractivity contribution in [3.05, 3.63) is 33.8 Å². The highest BCUT2D eigenvalue weighted by Gasteiger charge is 2.11. The number of ether oxygens (including phenoxy) is 1. The molecule has 0 spiro atoms. The van der Waals surface area contributed by atoms with Gasteiger partial charge in [0, 0.05) is 6.61 Å². The molecule has 0 heterocycles. The van der Waals surface area contributed by atoms with E-state index < -0.39 is 0 Å². The monoisotopic (exact) mass is 252 g/mol. The molecule has 4 heteroatoms. The van der Waals surface area contributed by atoms with Gasteiger partial charge in [0.1, 0.15) is 0 Å². The van der Waals surface area contributed by atoms with E-state index in [-0.39, 0.29) is 6.10 Å². The summed E-state index contributed by atoms with van der Waals surface area (Å²) in [6.45, 7) is 2.55. The molecule has 0 radical (unpaired) electrons. The quantitative estimate of drug-likeness (QED) is 0.727. The first-order valence-corrected chi connectivity index (χ1v) is 5.60. The van der Waals surface area contributed by atoms with E-state index in [1.807, 2.05) is 13.0 Å². The van der Waals surface area contributed by atoms with Crippen LogP contribution in [-0.4, -0.2) is 12.5 Å². The molecule has 0 N–H and O–H groups in total. The van der Waals surface area contributed by atoms with E-state index in [0.717, 1.165) is 5.56 Å². The summed E-state index contributed by atoms with van der Waals surface area (Å²) < 4.78 is 5.44. The zero-order chi connectivity index (χ0) is 10.6. The fraction of sp³-hybridized carbons (Fsp3) is 0.400. The molecule has 0 fully saturated rings. The van der Waals surface area contributed by atoms with Gasteiger partial charge >= 0.3 is 0 Å². The Morgan fingerprint density at radius 1 is 1.29 bits per heavy atom. The summed E-state index contributed by atoms with van der Waals surface area (Å²) >= 11 is 17.5. The third kappa shape index (κ3) is 3.03. The molecule has 0 aliphatic carbocycles. The Morgan fingerprint density at radius 3 is 2.50 bits per heavy atom. The van der Waals surface area contributed by atoms with E-state index in [9.17, 15) is 0 Å². The molecule has 78 valence electrons. The lowest BCUT2D eigenvalue weighted by Crippen LogP contribution is -2.05. The highest BCUT2D eigenvalue weighted by Crippen LogP contribution is 2.27. The first-order valence-electron chi connectivity index (χ1n) is 4.31. The van der Waals surface area contributed by atoms with Crippen LogP contribution < -0.4 is 0 Å². The molecule has 1 aromatic carbocycles. The highest BCUT2D eigenvalue weighted by molar-refractivity contribution is 6.42. The van der Waals surface area contributed by atoms with Gasteiger partial charge in [-0.2, -0.15) is 0 Å². The normalized spacial score (nSPS) is 12.9. The molecule has 1 rings (SSSR count). The Balaban J connectivity index is 2.88. The van der Waals surface area contributed by atoms with E-state index >= 15 is 0 Å². The predicted molar refractivity (Wildman–Crippen MR) is 61.5 cm³/mol. The molecule has 0 aliphatic heterocycles. The minimum atomic E-state index is -0.114. The molecule has 0 amide bonds. The van der Waals surface area contributed by atoms with Crippen LogP contribution in [0.1, 0.15) is 18.6 Å². The zero-order valence-electron chi connectivity index (χ0n) is 7.77. The largest absolute Gasteiger partial charge is 0.373 e. The van der Waals surface area contributed by atoms with Crippen LogP contribution in [0.25, 0.3) is 0 Å². The molecular formula is C10H11Cl3O. The molecule has 0 saturated heterocycles. The number of hydrogen-bond acceptors (Lipinski definition) is 1. The number of halogens is 3. The van der Waals surface area contributed by atoms with Crippen LogP contribution in [0.3, 0.4) is 0 Å². The van der Waals surface area contributed by atoms with Crippen molar-refractivity contribution in [2.45, 2.75) is 13.0 Å². The first-order chi connectivity index (χ1) is 6.69. The molecular weight excluding hydrogens is 242 g/mol. The topological polar surface area (TPSA) is 9.23 Å². The van der Waals surface area contributed by atoms with Gasteiger partial charge < -0.3 is 4.74 Å². The molecule has 14 heavy (non-hydrogen) atoms. The summed E-state index contributed by atoms with van der Waals surface area (Å²) in [6, 6.07) is 5.40. The molecule has 0 aromatic heterocycles. The molecule has 0 bridgehead atoms. The highest BCUT2D eigenvalue weighted by atomic mass is 35.5.